The van der Waals surface area contributed by atoms with Gasteiger partial charge in [0.25, 0.3) is 0 Å². The lowest BCUT2D eigenvalue weighted by atomic mass is 10.1. The molecule has 1 atom stereocenters. The number of carbonyl (C=O) groups is 2. The second kappa shape index (κ2) is 8.81. The maximum absolute atomic E-state index is 11.4. The number of nitrogens with one attached hydrogen (secondary N) is 2. The minimum absolute atomic E-state index is 0.151. The van der Waals surface area contributed by atoms with E-state index < -0.39 is 18.0 Å². The van der Waals surface area contributed by atoms with Gasteiger partial charge in [0.05, 0.1) is 0 Å². The highest BCUT2D eigenvalue weighted by Crippen LogP contribution is 2.01. The monoisotopic (exact) mass is 246 g/mol. The third-order valence-corrected chi connectivity index (χ3v) is 2.17. The van der Waals surface area contributed by atoms with Crippen LogP contribution in [0.3, 0.4) is 0 Å². The van der Waals surface area contributed by atoms with Gasteiger partial charge in [0.15, 0.2) is 0 Å². The number of carboxylic acids is 1. The Kier molecular flexibility index (Phi) is 8.13. The third-order valence-electron chi connectivity index (χ3n) is 2.17. The van der Waals surface area contributed by atoms with Crippen LogP contribution in [0, 0.1) is 5.92 Å². The highest BCUT2D eigenvalue weighted by molar-refractivity contribution is 5.82. The van der Waals surface area contributed by atoms with Gasteiger partial charge in [0.1, 0.15) is 6.04 Å². The molecule has 0 aromatic carbocycles. The van der Waals surface area contributed by atoms with Crippen molar-refractivity contribution in [2.75, 3.05) is 19.8 Å². The summed E-state index contributed by atoms with van der Waals surface area (Å²) in [6, 6.07) is -1.32. The zero-order valence-corrected chi connectivity index (χ0v) is 10.7. The Labute approximate surface area is 102 Å². The number of hydrogen-bond donors (Lipinski definition) is 3. The summed E-state index contributed by atoms with van der Waals surface area (Å²) in [5, 5.41) is 13.9. The molecule has 0 aliphatic carbocycles. The fraction of sp³-hybridized carbons (Fsp3) is 0.818. The van der Waals surface area contributed by atoms with Crippen molar-refractivity contribution in [3.63, 3.8) is 0 Å². The number of urea groups is 1. The summed E-state index contributed by atoms with van der Waals surface area (Å²) in [5.74, 6) is -1.17. The van der Waals surface area contributed by atoms with Gasteiger partial charge in [0.2, 0.25) is 0 Å². The van der Waals surface area contributed by atoms with E-state index in [1.807, 2.05) is 6.92 Å². The first kappa shape index (κ1) is 15.7. The van der Waals surface area contributed by atoms with Crippen LogP contribution < -0.4 is 10.6 Å². The molecule has 0 heterocycles. The summed E-state index contributed by atoms with van der Waals surface area (Å²) in [5.41, 5.74) is 0. The zero-order valence-electron chi connectivity index (χ0n) is 10.7. The van der Waals surface area contributed by atoms with Crippen LogP contribution >= 0.6 is 0 Å². The van der Waals surface area contributed by atoms with Crippen molar-refractivity contribution >= 4 is 12.0 Å². The third kappa shape index (κ3) is 7.57. The standard InChI is InChI=1S/C11H22N2O4/c1-4-17-7-5-6-12-11(16)13-9(8(2)3)10(14)15/h8-9H,4-7H2,1-3H3,(H,14,15)(H2,12,13,16)/t9-/m0/s1. The number of aliphatic carboxylic acids is 1. The Balaban J connectivity index is 3.80. The van der Waals surface area contributed by atoms with E-state index in [1.165, 1.54) is 0 Å². The van der Waals surface area contributed by atoms with Gasteiger partial charge in [0, 0.05) is 19.8 Å². The second-order valence-electron chi connectivity index (χ2n) is 4.01. The van der Waals surface area contributed by atoms with Crippen molar-refractivity contribution in [2.24, 2.45) is 5.92 Å². The normalized spacial score (nSPS) is 12.2. The lowest BCUT2D eigenvalue weighted by Crippen LogP contribution is -2.48. The van der Waals surface area contributed by atoms with E-state index in [0.29, 0.717) is 26.2 Å². The molecule has 17 heavy (non-hydrogen) atoms. The summed E-state index contributed by atoms with van der Waals surface area (Å²) >= 11 is 0. The molecule has 0 aromatic rings. The first-order valence-electron chi connectivity index (χ1n) is 5.84. The Bertz CT molecular complexity index is 244. The number of hydrogen-bond acceptors (Lipinski definition) is 3. The SMILES string of the molecule is CCOCCCNC(=O)N[C@H](C(=O)O)C(C)C. The highest BCUT2D eigenvalue weighted by atomic mass is 16.5. The highest BCUT2D eigenvalue weighted by Gasteiger charge is 2.22. The summed E-state index contributed by atoms with van der Waals surface area (Å²) in [6.45, 7) is 7.10. The molecule has 6 heteroatoms. The molecule has 100 valence electrons. The van der Waals surface area contributed by atoms with Crippen LogP contribution in [0.5, 0.6) is 0 Å². The fourth-order valence-corrected chi connectivity index (χ4v) is 1.23. The number of ether oxygens (including phenoxy) is 1. The largest absolute Gasteiger partial charge is 0.480 e. The molecule has 6 nitrogen and oxygen atoms in total. The van der Waals surface area contributed by atoms with Gasteiger partial charge in [-0.1, -0.05) is 13.8 Å². The molecule has 0 spiro atoms. The molecule has 0 aromatic heterocycles. The summed E-state index contributed by atoms with van der Waals surface area (Å²) in [4.78, 5) is 22.2. The van der Waals surface area contributed by atoms with Crippen molar-refractivity contribution in [3.8, 4) is 0 Å². The van der Waals surface area contributed by atoms with Crippen LogP contribution in [0.1, 0.15) is 27.2 Å². The maximum Gasteiger partial charge on any atom is 0.326 e. The summed E-state index contributed by atoms with van der Waals surface area (Å²) in [6.07, 6.45) is 0.709. The van der Waals surface area contributed by atoms with Gasteiger partial charge in [-0.15, -0.1) is 0 Å². The molecular formula is C11H22N2O4. The van der Waals surface area contributed by atoms with Gasteiger partial charge in [-0.25, -0.2) is 9.59 Å². The summed E-state index contributed by atoms with van der Waals surface area (Å²) in [7, 11) is 0. The van der Waals surface area contributed by atoms with E-state index in [0.717, 1.165) is 0 Å². The molecule has 0 unspecified atom stereocenters. The van der Waals surface area contributed by atoms with Gasteiger partial charge in [-0.05, 0) is 19.3 Å². The molecule has 0 bridgehead atoms. The quantitative estimate of drug-likeness (QED) is 0.553. The van der Waals surface area contributed by atoms with E-state index in [-0.39, 0.29) is 5.92 Å². The molecular weight excluding hydrogens is 224 g/mol. The van der Waals surface area contributed by atoms with Crippen molar-refractivity contribution in [1.82, 2.24) is 10.6 Å². The van der Waals surface area contributed by atoms with Crippen LogP contribution in [0.2, 0.25) is 0 Å². The van der Waals surface area contributed by atoms with E-state index in [4.69, 9.17) is 9.84 Å². The number of rotatable bonds is 8. The van der Waals surface area contributed by atoms with Crippen molar-refractivity contribution in [2.45, 2.75) is 33.2 Å². The van der Waals surface area contributed by atoms with E-state index in [1.54, 1.807) is 13.8 Å². The van der Waals surface area contributed by atoms with Gasteiger partial charge in [-0.3, -0.25) is 0 Å². The average molecular weight is 246 g/mol. The van der Waals surface area contributed by atoms with Crippen LogP contribution in [0.4, 0.5) is 4.79 Å². The predicted molar refractivity (Wildman–Crippen MR) is 63.9 cm³/mol. The molecule has 0 radical (unpaired) electrons. The molecule has 0 fully saturated rings. The van der Waals surface area contributed by atoms with Gasteiger partial charge in [-0.2, -0.15) is 0 Å². The van der Waals surface area contributed by atoms with Crippen molar-refractivity contribution in [1.29, 1.82) is 0 Å². The topological polar surface area (TPSA) is 87.7 Å². The molecule has 3 N–H and O–H groups in total. The predicted octanol–water partition coefficient (Wildman–Crippen LogP) is 0.821. The van der Waals surface area contributed by atoms with Gasteiger partial charge < -0.3 is 20.5 Å². The molecule has 2 amide bonds. The minimum Gasteiger partial charge on any atom is -0.480 e. The molecule has 0 aliphatic heterocycles. The first-order valence-corrected chi connectivity index (χ1v) is 5.84. The first-order chi connectivity index (χ1) is 7.99. The smallest absolute Gasteiger partial charge is 0.326 e. The average Bonchev–Trinajstić information content (AvgIpc) is 2.24. The second-order valence-corrected chi connectivity index (χ2v) is 4.01. The van der Waals surface area contributed by atoms with E-state index in [2.05, 4.69) is 10.6 Å². The Hall–Kier alpha value is -1.30. The number of carbonyl (C=O) groups excluding carboxylic acids is 1. The van der Waals surface area contributed by atoms with E-state index in [9.17, 15) is 9.59 Å². The van der Waals surface area contributed by atoms with Crippen molar-refractivity contribution in [3.05, 3.63) is 0 Å². The van der Waals surface area contributed by atoms with E-state index >= 15 is 0 Å². The molecule has 0 rings (SSSR count). The summed E-state index contributed by atoms with van der Waals surface area (Å²) < 4.78 is 5.11. The van der Waals surface area contributed by atoms with Crippen LogP contribution in [-0.4, -0.2) is 42.9 Å². The van der Waals surface area contributed by atoms with Crippen LogP contribution in [0.15, 0.2) is 0 Å². The Morgan fingerprint density at radius 2 is 2.00 bits per heavy atom. The maximum atomic E-state index is 11.4. The molecule has 0 saturated heterocycles. The van der Waals surface area contributed by atoms with Crippen molar-refractivity contribution < 1.29 is 19.4 Å². The number of carboxylic acid groups (broad SMARTS) is 1. The lowest BCUT2D eigenvalue weighted by Gasteiger charge is -2.18. The molecule has 0 saturated carbocycles. The lowest BCUT2D eigenvalue weighted by molar-refractivity contribution is -0.140. The van der Waals surface area contributed by atoms with Crippen LogP contribution in [0.25, 0.3) is 0 Å². The minimum atomic E-state index is -1.02. The molecule has 0 aliphatic rings. The fourth-order valence-electron chi connectivity index (χ4n) is 1.23. The zero-order chi connectivity index (χ0) is 13.3. The van der Waals surface area contributed by atoms with Gasteiger partial charge >= 0.3 is 12.0 Å². The Morgan fingerprint density at radius 1 is 1.35 bits per heavy atom. The Morgan fingerprint density at radius 3 is 2.47 bits per heavy atom. The number of amides is 2. The van der Waals surface area contributed by atoms with Crippen LogP contribution in [-0.2, 0) is 9.53 Å².